The Kier molecular flexibility index (Phi) is 3.22. The van der Waals surface area contributed by atoms with Crippen LogP contribution in [0, 0.1) is 0 Å². The lowest BCUT2D eigenvalue weighted by Crippen LogP contribution is -1.91. The van der Waals surface area contributed by atoms with Crippen LogP contribution in [0.2, 0.25) is 5.02 Å². The van der Waals surface area contributed by atoms with Crippen molar-refractivity contribution in [1.82, 2.24) is 0 Å². The second-order valence-corrected chi connectivity index (χ2v) is 3.75. The maximum absolute atomic E-state index is 6.16. The Bertz CT molecular complexity index is 521. The van der Waals surface area contributed by atoms with E-state index in [1.54, 1.807) is 6.21 Å². The van der Waals surface area contributed by atoms with E-state index < -0.39 is 0 Å². The van der Waals surface area contributed by atoms with Gasteiger partial charge in [0.1, 0.15) is 0 Å². The molecule has 0 atom stereocenters. The van der Waals surface area contributed by atoms with Crippen LogP contribution in [-0.4, -0.2) is 6.21 Å². The van der Waals surface area contributed by atoms with E-state index in [-0.39, 0.29) is 0 Å². The zero-order valence-electron chi connectivity index (χ0n) is 8.60. The molecular formula is C13H11ClN2. The maximum Gasteiger partial charge on any atom is 0.0544 e. The predicted octanol–water partition coefficient (Wildman–Crippen LogP) is 3.30. The van der Waals surface area contributed by atoms with Gasteiger partial charge in [-0.05, 0) is 11.6 Å². The molecule has 0 aromatic heterocycles. The molecule has 2 aromatic carbocycles. The zero-order chi connectivity index (χ0) is 11.4. The van der Waals surface area contributed by atoms with Gasteiger partial charge in [-0.3, -0.25) is 0 Å². The average Bonchev–Trinajstić information content (AvgIpc) is 2.31. The standard InChI is InChI=1S/C13H11ClN2/c14-13-8-4-3-7-12(13)11-6-2-1-5-10(11)9-16-15/h1-9H,15H2. The summed E-state index contributed by atoms with van der Waals surface area (Å²) >= 11 is 6.16. The highest BCUT2D eigenvalue weighted by Crippen LogP contribution is 2.29. The van der Waals surface area contributed by atoms with Crippen LogP contribution >= 0.6 is 11.6 Å². The van der Waals surface area contributed by atoms with Gasteiger partial charge in [-0.15, -0.1) is 0 Å². The molecule has 0 spiro atoms. The zero-order valence-corrected chi connectivity index (χ0v) is 9.35. The summed E-state index contributed by atoms with van der Waals surface area (Å²) in [6, 6.07) is 15.6. The van der Waals surface area contributed by atoms with Crippen molar-refractivity contribution >= 4 is 17.8 Å². The van der Waals surface area contributed by atoms with Crippen molar-refractivity contribution in [2.24, 2.45) is 10.9 Å². The molecule has 0 aliphatic rings. The molecule has 3 heteroatoms. The number of benzene rings is 2. The lowest BCUT2D eigenvalue weighted by molar-refractivity contribution is 1.26. The molecule has 0 unspecified atom stereocenters. The van der Waals surface area contributed by atoms with Gasteiger partial charge in [0.2, 0.25) is 0 Å². The minimum absolute atomic E-state index is 0.723. The van der Waals surface area contributed by atoms with Crippen LogP contribution in [-0.2, 0) is 0 Å². The van der Waals surface area contributed by atoms with Gasteiger partial charge in [-0.1, -0.05) is 54.1 Å². The second kappa shape index (κ2) is 4.81. The first-order valence-electron chi connectivity index (χ1n) is 4.90. The van der Waals surface area contributed by atoms with Crippen LogP contribution < -0.4 is 5.84 Å². The van der Waals surface area contributed by atoms with Crippen LogP contribution in [0.5, 0.6) is 0 Å². The molecule has 0 aliphatic heterocycles. The number of rotatable bonds is 2. The van der Waals surface area contributed by atoms with E-state index in [0.29, 0.717) is 0 Å². The summed E-state index contributed by atoms with van der Waals surface area (Å²) in [5, 5.41) is 4.28. The minimum Gasteiger partial charge on any atom is -0.323 e. The molecule has 0 aliphatic carbocycles. The fraction of sp³-hybridized carbons (Fsp3) is 0. The van der Waals surface area contributed by atoms with Crippen LogP contribution in [0.1, 0.15) is 5.56 Å². The number of hydrazone groups is 1. The summed E-state index contributed by atoms with van der Waals surface area (Å²) in [4.78, 5) is 0. The van der Waals surface area contributed by atoms with Crippen LogP contribution in [0.3, 0.4) is 0 Å². The molecule has 0 radical (unpaired) electrons. The first-order chi connectivity index (χ1) is 7.83. The number of halogens is 1. The van der Waals surface area contributed by atoms with E-state index >= 15 is 0 Å². The Hall–Kier alpha value is -1.80. The summed E-state index contributed by atoms with van der Waals surface area (Å²) < 4.78 is 0. The second-order valence-electron chi connectivity index (χ2n) is 3.35. The van der Waals surface area contributed by atoms with Crippen molar-refractivity contribution in [3.8, 4) is 11.1 Å². The quantitative estimate of drug-likeness (QED) is 0.480. The smallest absolute Gasteiger partial charge is 0.0544 e. The Labute approximate surface area is 99.4 Å². The van der Waals surface area contributed by atoms with Gasteiger partial charge in [-0.2, -0.15) is 5.10 Å². The fourth-order valence-electron chi connectivity index (χ4n) is 1.61. The SMILES string of the molecule is NN=Cc1ccccc1-c1ccccc1Cl. The summed E-state index contributed by atoms with van der Waals surface area (Å²) in [5.74, 6) is 5.18. The average molecular weight is 231 g/mol. The maximum atomic E-state index is 6.16. The number of nitrogens with two attached hydrogens (primary N) is 1. The summed E-state index contributed by atoms with van der Waals surface area (Å²) in [5.41, 5.74) is 2.97. The molecule has 0 fully saturated rings. The van der Waals surface area contributed by atoms with Gasteiger partial charge in [0.25, 0.3) is 0 Å². The minimum atomic E-state index is 0.723. The lowest BCUT2D eigenvalue weighted by Gasteiger charge is -2.07. The first kappa shape index (κ1) is 10.7. The molecule has 2 rings (SSSR count). The van der Waals surface area contributed by atoms with Crippen LogP contribution in [0.25, 0.3) is 11.1 Å². The largest absolute Gasteiger partial charge is 0.323 e. The van der Waals surface area contributed by atoms with Crippen molar-refractivity contribution in [1.29, 1.82) is 0 Å². The molecule has 2 aromatic rings. The lowest BCUT2D eigenvalue weighted by atomic mass is 10.0. The van der Waals surface area contributed by atoms with Crippen molar-refractivity contribution < 1.29 is 0 Å². The van der Waals surface area contributed by atoms with E-state index in [1.165, 1.54) is 0 Å². The van der Waals surface area contributed by atoms with E-state index in [0.717, 1.165) is 21.7 Å². The fourth-order valence-corrected chi connectivity index (χ4v) is 1.85. The van der Waals surface area contributed by atoms with Crippen molar-refractivity contribution in [3.05, 3.63) is 59.1 Å². The normalized spacial score (nSPS) is 10.8. The van der Waals surface area contributed by atoms with Crippen LogP contribution in [0.4, 0.5) is 0 Å². The Morgan fingerprint density at radius 2 is 1.56 bits per heavy atom. The Morgan fingerprint density at radius 3 is 2.25 bits per heavy atom. The van der Waals surface area contributed by atoms with Crippen molar-refractivity contribution in [2.75, 3.05) is 0 Å². The highest BCUT2D eigenvalue weighted by atomic mass is 35.5. The molecule has 16 heavy (non-hydrogen) atoms. The molecule has 0 heterocycles. The third-order valence-electron chi connectivity index (χ3n) is 2.34. The highest BCUT2D eigenvalue weighted by molar-refractivity contribution is 6.33. The van der Waals surface area contributed by atoms with Gasteiger partial charge >= 0.3 is 0 Å². The molecule has 0 bridgehead atoms. The third kappa shape index (κ3) is 2.07. The first-order valence-corrected chi connectivity index (χ1v) is 5.28. The van der Waals surface area contributed by atoms with Crippen molar-refractivity contribution in [3.63, 3.8) is 0 Å². The monoisotopic (exact) mass is 230 g/mol. The summed E-state index contributed by atoms with van der Waals surface area (Å²) in [7, 11) is 0. The Balaban J connectivity index is 2.60. The van der Waals surface area contributed by atoms with Crippen LogP contribution in [0.15, 0.2) is 53.6 Å². The van der Waals surface area contributed by atoms with E-state index in [9.17, 15) is 0 Å². The van der Waals surface area contributed by atoms with Gasteiger partial charge in [-0.25, -0.2) is 0 Å². The number of hydrogen-bond acceptors (Lipinski definition) is 2. The van der Waals surface area contributed by atoms with E-state index in [4.69, 9.17) is 17.4 Å². The van der Waals surface area contributed by atoms with Gasteiger partial charge in [0.15, 0.2) is 0 Å². The molecule has 0 amide bonds. The third-order valence-corrected chi connectivity index (χ3v) is 2.67. The highest BCUT2D eigenvalue weighted by Gasteiger charge is 2.05. The van der Waals surface area contributed by atoms with Gasteiger partial charge in [0.05, 0.1) is 6.21 Å². The molecular weight excluding hydrogens is 220 g/mol. The van der Waals surface area contributed by atoms with Crippen molar-refractivity contribution in [2.45, 2.75) is 0 Å². The number of nitrogens with zero attached hydrogens (tertiary/aromatic N) is 1. The molecule has 2 N–H and O–H groups in total. The molecule has 0 saturated carbocycles. The number of hydrogen-bond donors (Lipinski definition) is 1. The van der Waals surface area contributed by atoms with E-state index in [2.05, 4.69) is 5.10 Å². The molecule has 0 saturated heterocycles. The van der Waals surface area contributed by atoms with Gasteiger partial charge < -0.3 is 5.84 Å². The van der Waals surface area contributed by atoms with Gasteiger partial charge in [0, 0.05) is 16.1 Å². The Morgan fingerprint density at radius 1 is 0.938 bits per heavy atom. The molecule has 2 nitrogen and oxygen atoms in total. The predicted molar refractivity (Wildman–Crippen MR) is 68.7 cm³/mol. The summed E-state index contributed by atoms with van der Waals surface area (Å²) in [6.45, 7) is 0. The van der Waals surface area contributed by atoms with E-state index in [1.807, 2.05) is 48.5 Å². The summed E-state index contributed by atoms with van der Waals surface area (Å²) in [6.07, 6.45) is 1.62. The molecule has 80 valence electrons. The topological polar surface area (TPSA) is 38.4 Å².